The predicted molar refractivity (Wildman–Crippen MR) is 87.3 cm³/mol. The Hall–Kier alpha value is -0.670. The van der Waals surface area contributed by atoms with Gasteiger partial charge in [-0.1, -0.05) is 13.0 Å². The van der Waals surface area contributed by atoms with Crippen molar-refractivity contribution in [2.45, 2.75) is 44.9 Å². The Morgan fingerprint density at radius 3 is 2.89 bits per heavy atom. The van der Waals surface area contributed by atoms with Crippen molar-refractivity contribution in [2.24, 2.45) is 5.73 Å². The number of anilines is 1. The van der Waals surface area contributed by atoms with Crippen molar-refractivity contribution in [3.8, 4) is 0 Å². The van der Waals surface area contributed by atoms with E-state index in [0.29, 0.717) is 0 Å². The summed E-state index contributed by atoms with van der Waals surface area (Å²) in [5.41, 5.74) is 10.0. The van der Waals surface area contributed by atoms with Gasteiger partial charge in [-0.3, -0.25) is 0 Å². The lowest BCUT2D eigenvalue weighted by molar-refractivity contribution is 0.723. The zero-order valence-corrected chi connectivity index (χ0v) is 13.2. The standard InChI is InChI=1S/C16H26N2S/c1-4-16-11-18(7-8-19-16)15-6-5-14(10-13(3)17)12(2)9-15/h5-6,9,13,16H,4,7-8,10-11,17H2,1-3H3. The number of thioether (sulfide) groups is 1. The van der Waals surface area contributed by atoms with E-state index in [1.165, 1.54) is 42.1 Å². The first-order chi connectivity index (χ1) is 9.10. The number of hydrogen-bond donors (Lipinski definition) is 1. The maximum atomic E-state index is 5.90. The third-order valence-electron chi connectivity index (χ3n) is 3.83. The molecule has 1 aromatic rings. The Kier molecular flexibility index (Phi) is 5.17. The average Bonchev–Trinajstić information content (AvgIpc) is 2.40. The highest BCUT2D eigenvalue weighted by molar-refractivity contribution is 8.00. The van der Waals surface area contributed by atoms with Crippen LogP contribution in [0.3, 0.4) is 0 Å². The first-order valence-electron chi connectivity index (χ1n) is 7.31. The van der Waals surface area contributed by atoms with Gasteiger partial charge in [0.05, 0.1) is 0 Å². The third-order valence-corrected chi connectivity index (χ3v) is 5.20. The summed E-state index contributed by atoms with van der Waals surface area (Å²) in [6.07, 6.45) is 2.24. The van der Waals surface area contributed by atoms with E-state index in [1.54, 1.807) is 0 Å². The summed E-state index contributed by atoms with van der Waals surface area (Å²) < 4.78 is 0. The van der Waals surface area contributed by atoms with Crippen molar-refractivity contribution in [1.29, 1.82) is 0 Å². The summed E-state index contributed by atoms with van der Waals surface area (Å²) in [7, 11) is 0. The Labute approximate surface area is 121 Å². The molecule has 1 aliphatic heterocycles. The molecule has 0 radical (unpaired) electrons. The summed E-state index contributed by atoms with van der Waals surface area (Å²) in [5, 5.41) is 0.790. The monoisotopic (exact) mass is 278 g/mol. The van der Waals surface area contributed by atoms with Gasteiger partial charge in [0.25, 0.3) is 0 Å². The largest absolute Gasteiger partial charge is 0.370 e. The van der Waals surface area contributed by atoms with Gasteiger partial charge in [-0.15, -0.1) is 0 Å². The van der Waals surface area contributed by atoms with Crippen LogP contribution < -0.4 is 10.6 Å². The maximum Gasteiger partial charge on any atom is 0.0369 e. The van der Waals surface area contributed by atoms with Crippen molar-refractivity contribution in [3.63, 3.8) is 0 Å². The van der Waals surface area contributed by atoms with Crippen LogP contribution in [0, 0.1) is 6.92 Å². The molecule has 2 N–H and O–H groups in total. The molecule has 0 amide bonds. The Balaban J connectivity index is 2.10. The highest BCUT2D eigenvalue weighted by atomic mass is 32.2. The van der Waals surface area contributed by atoms with Gasteiger partial charge in [0.1, 0.15) is 0 Å². The molecule has 2 nitrogen and oxygen atoms in total. The van der Waals surface area contributed by atoms with E-state index in [9.17, 15) is 0 Å². The molecule has 1 fully saturated rings. The molecule has 0 spiro atoms. The smallest absolute Gasteiger partial charge is 0.0369 e. The molecule has 1 aromatic carbocycles. The molecule has 2 unspecified atom stereocenters. The van der Waals surface area contributed by atoms with Gasteiger partial charge in [-0.2, -0.15) is 11.8 Å². The molecule has 0 aromatic heterocycles. The van der Waals surface area contributed by atoms with Crippen molar-refractivity contribution >= 4 is 17.4 Å². The van der Waals surface area contributed by atoms with Gasteiger partial charge in [-0.25, -0.2) is 0 Å². The molecule has 19 heavy (non-hydrogen) atoms. The van der Waals surface area contributed by atoms with E-state index in [1.807, 2.05) is 0 Å². The first kappa shape index (κ1) is 14.7. The van der Waals surface area contributed by atoms with Crippen LogP contribution in [-0.4, -0.2) is 30.1 Å². The minimum atomic E-state index is 0.236. The van der Waals surface area contributed by atoms with Crippen molar-refractivity contribution in [3.05, 3.63) is 29.3 Å². The molecule has 2 rings (SSSR count). The van der Waals surface area contributed by atoms with Gasteiger partial charge < -0.3 is 10.6 Å². The summed E-state index contributed by atoms with van der Waals surface area (Å²) in [5.74, 6) is 1.25. The van der Waals surface area contributed by atoms with E-state index in [-0.39, 0.29) is 6.04 Å². The lowest BCUT2D eigenvalue weighted by atomic mass is 10.0. The van der Waals surface area contributed by atoms with Gasteiger partial charge in [0.15, 0.2) is 0 Å². The molecule has 1 aliphatic rings. The SMILES string of the molecule is CCC1CN(c2ccc(CC(C)N)c(C)c2)CCS1. The fourth-order valence-corrected chi connectivity index (χ4v) is 3.83. The molecular formula is C16H26N2S. The van der Waals surface area contributed by atoms with E-state index in [2.05, 4.69) is 55.6 Å². The number of benzene rings is 1. The van der Waals surface area contributed by atoms with Gasteiger partial charge in [0, 0.05) is 35.8 Å². The molecule has 3 heteroatoms. The minimum absolute atomic E-state index is 0.236. The zero-order chi connectivity index (χ0) is 13.8. The van der Waals surface area contributed by atoms with E-state index in [4.69, 9.17) is 5.73 Å². The van der Waals surface area contributed by atoms with Crippen molar-refractivity contribution < 1.29 is 0 Å². The fourth-order valence-electron chi connectivity index (χ4n) is 2.65. The van der Waals surface area contributed by atoms with E-state index in [0.717, 1.165) is 11.7 Å². The molecule has 1 saturated heterocycles. The highest BCUT2D eigenvalue weighted by Crippen LogP contribution is 2.27. The molecule has 0 saturated carbocycles. The van der Waals surface area contributed by atoms with Gasteiger partial charge in [-0.05, 0) is 49.9 Å². The van der Waals surface area contributed by atoms with Crippen LogP contribution in [0.2, 0.25) is 0 Å². The molecular weight excluding hydrogens is 252 g/mol. The van der Waals surface area contributed by atoms with Gasteiger partial charge in [0.2, 0.25) is 0 Å². The van der Waals surface area contributed by atoms with Crippen LogP contribution in [0.25, 0.3) is 0 Å². The number of aryl methyl sites for hydroxylation is 1. The first-order valence-corrected chi connectivity index (χ1v) is 8.36. The van der Waals surface area contributed by atoms with Crippen molar-refractivity contribution in [1.82, 2.24) is 0 Å². The molecule has 0 bridgehead atoms. The number of nitrogens with zero attached hydrogens (tertiary/aromatic N) is 1. The van der Waals surface area contributed by atoms with Crippen molar-refractivity contribution in [2.75, 3.05) is 23.7 Å². The summed E-state index contributed by atoms with van der Waals surface area (Å²) in [4.78, 5) is 2.54. The second kappa shape index (κ2) is 6.67. The molecule has 1 heterocycles. The second-order valence-electron chi connectivity index (χ2n) is 5.64. The molecule has 106 valence electrons. The topological polar surface area (TPSA) is 29.3 Å². The quantitative estimate of drug-likeness (QED) is 0.917. The minimum Gasteiger partial charge on any atom is -0.370 e. The van der Waals surface area contributed by atoms with Crippen LogP contribution in [-0.2, 0) is 6.42 Å². The van der Waals surface area contributed by atoms with Crippen LogP contribution in [0.5, 0.6) is 0 Å². The van der Waals surface area contributed by atoms with Crippen LogP contribution in [0.15, 0.2) is 18.2 Å². The second-order valence-corrected chi connectivity index (χ2v) is 7.05. The Morgan fingerprint density at radius 1 is 1.47 bits per heavy atom. The van der Waals surface area contributed by atoms with Gasteiger partial charge >= 0.3 is 0 Å². The van der Waals surface area contributed by atoms with Crippen LogP contribution in [0.4, 0.5) is 5.69 Å². The number of hydrogen-bond acceptors (Lipinski definition) is 3. The third kappa shape index (κ3) is 3.90. The lowest BCUT2D eigenvalue weighted by Gasteiger charge is -2.34. The van der Waals surface area contributed by atoms with E-state index >= 15 is 0 Å². The zero-order valence-electron chi connectivity index (χ0n) is 12.4. The fraction of sp³-hybridized carbons (Fsp3) is 0.625. The molecule has 0 aliphatic carbocycles. The number of nitrogens with two attached hydrogens (primary N) is 1. The highest BCUT2D eigenvalue weighted by Gasteiger charge is 2.19. The normalized spacial score (nSPS) is 21.5. The summed E-state index contributed by atoms with van der Waals surface area (Å²) in [6.45, 7) is 8.93. The Bertz CT molecular complexity index is 417. The van der Waals surface area contributed by atoms with Crippen LogP contribution in [0.1, 0.15) is 31.4 Å². The Morgan fingerprint density at radius 2 is 2.26 bits per heavy atom. The molecule has 2 atom stereocenters. The summed E-state index contributed by atoms with van der Waals surface area (Å²) in [6, 6.07) is 7.10. The summed E-state index contributed by atoms with van der Waals surface area (Å²) >= 11 is 2.12. The average molecular weight is 278 g/mol. The van der Waals surface area contributed by atoms with Crippen LogP contribution >= 0.6 is 11.8 Å². The maximum absolute atomic E-state index is 5.90. The number of rotatable bonds is 4. The predicted octanol–water partition coefficient (Wildman–Crippen LogP) is 3.22. The van der Waals surface area contributed by atoms with E-state index < -0.39 is 0 Å². The lowest BCUT2D eigenvalue weighted by Crippen LogP contribution is -2.37.